The Bertz CT molecular complexity index is 745. The number of ether oxygens (including phenoxy) is 3. The molecule has 0 aliphatic carbocycles. The van der Waals surface area contributed by atoms with Gasteiger partial charge in [-0.3, -0.25) is 4.79 Å². The fourth-order valence-corrected chi connectivity index (χ4v) is 2.71. The minimum atomic E-state index is -0.805. The molecule has 0 saturated heterocycles. The third kappa shape index (κ3) is 6.46. The largest absolute Gasteiger partial charge is 0.497 e. The van der Waals surface area contributed by atoms with Gasteiger partial charge in [-0.25, -0.2) is 0 Å². The van der Waals surface area contributed by atoms with Gasteiger partial charge in [-0.15, -0.1) is 0 Å². The molecule has 2 aromatic carbocycles. The van der Waals surface area contributed by atoms with Gasteiger partial charge in [0, 0.05) is 23.7 Å². The van der Waals surface area contributed by atoms with E-state index in [1.165, 1.54) is 7.11 Å². The van der Waals surface area contributed by atoms with Crippen LogP contribution in [0, 0.1) is 0 Å². The average molecular weight is 387 g/mol. The van der Waals surface area contributed by atoms with E-state index in [2.05, 4.69) is 12.2 Å². The summed E-state index contributed by atoms with van der Waals surface area (Å²) in [5, 5.41) is 13.3. The van der Waals surface area contributed by atoms with Crippen molar-refractivity contribution < 1.29 is 24.1 Å². The van der Waals surface area contributed by atoms with E-state index in [-0.39, 0.29) is 18.7 Å². The second-order valence-corrected chi connectivity index (χ2v) is 6.44. The first-order valence-electron chi connectivity index (χ1n) is 9.50. The molecule has 2 aromatic rings. The lowest BCUT2D eigenvalue weighted by Gasteiger charge is -2.15. The molecule has 0 saturated carbocycles. The number of unbranched alkanes of at least 4 members (excludes halogenated alkanes) is 1. The van der Waals surface area contributed by atoms with Crippen molar-refractivity contribution in [2.45, 2.75) is 38.7 Å². The van der Waals surface area contributed by atoms with Gasteiger partial charge in [0.1, 0.15) is 17.2 Å². The third-order valence-corrected chi connectivity index (χ3v) is 4.35. The molecule has 0 bridgehead atoms. The quantitative estimate of drug-likeness (QED) is 0.561. The first-order chi connectivity index (χ1) is 13.6. The van der Waals surface area contributed by atoms with E-state index in [1.54, 1.807) is 25.3 Å². The lowest BCUT2D eigenvalue weighted by Crippen LogP contribution is -2.13. The summed E-state index contributed by atoms with van der Waals surface area (Å²) in [7, 11) is 3.10. The van der Waals surface area contributed by atoms with E-state index in [1.807, 2.05) is 24.3 Å². The predicted molar refractivity (Wildman–Crippen MR) is 109 cm³/mol. The summed E-state index contributed by atoms with van der Waals surface area (Å²) in [4.78, 5) is 12.2. The van der Waals surface area contributed by atoms with Crippen LogP contribution < -0.4 is 19.5 Å². The Morgan fingerprint density at radius 3 is 2.43 bits per heavy atom. The van der Waals surface area contributed by atoms with Crippen LogP contribution in [0.2, 0.25) is 0 Å². The summed E-state index contributed by atoms with van der Waals surface area (Å²) in [5.74, 6) is 1.80. The third-order valence-electron chi connectivity index (χ3n) is 4.35. The zero-order valence-corrected chi connectivity index (χ0v) is 16.7. The minimum Gasteiger partial charge on any atom is -0.497 e. The van der Waals surface area contributed by atoms with E-state index < -0.39 is 6.10 Å². The highest BCUT2D eigenvalue weighted by Gasteiger charge is 2.16. The fourth-order valence-electron chi connectivity index (χ4n) is 2.71. The highest BCUT2D eigenvalue weighted by Crippen LogP contribution is 2.31. The van der Waals surface area contributed by atoms with Crippen molar-refractivity contribution in [1.82, 2.24) is 0 Å². The van der Waals surface area contributed by atoms with Gasteiger partial charge < -0.3 is 24.6 Å². The van der Waals surface area contributed by atoms with Crippen molar-refractivity contribution in [3.05, 3.63) is 48.0 Å². The zero-order chi connectivity index (χ0) is 20.4. The lowest BCUT2D eigenvalue weighted by atomic mass is 10.0. The van der Waals surface area contributed by atoms with Gasteiger partial charge in [-0.2, -0.15) is 0 Å². The van der Waals surface area contributed by atoms with Crippen LogP contribution in [0.3, 0.4) is 0 Å². The maximum atomic E-state index is 12.2. The molecule has 0 heterocycles. The number of hydrogen-bond donors (Lipinski definition) is 2. The Balaban J connectivity index is 1.85. The van der Waals surface area contributed by atoms with Crippen LogP contribution >= 0.6 is 0 Å². The molecule has 0 aliphatic rings. The number of amides is 1. The molecule has 0 spiro atoms. The summed E-state index contributed by atoms with van der Waals surface area (Å²) in [6, 6.07) is 12.5. The van der Waals surface area contributed by atoms with Gasteiger partial charge in [0.25, 0.3) is 0 Å². The lowest BCUT2D eigenvalue weighted by molar-refractivity contribution is -0.116. The van der Waals surface area contributed by atoms with Crippen molar-refractivity contribution in [3.8, 4) is 17.2 Å². The molecular weight excluding hydrogens is 358 g/mol. The Morgan fingerprint density at radius 1 is 1.07 bits per heavy atom. The normalized spacial score (nSPS) is 11.6. The van der Waals surface area contributed by atoms with Crippen LogP contribution in [0.1, 0.15) is 44.3 Å². The molecule has 0 radical (unpaired) electrons. The summed E-state index contributed by atoms with van der Waals surface area (Å²) in [6.07, 6.45) is 1.76. The number of methoxy groups -OCH3 is 2. The molecule has 2 rings (SSSR count). The first kappa shape index (κ1) is 21.6. The molecule has 2 N–H and O–H groups in total. The van der Waals surface area contributed by atoms with Crippen molar-refractivity contribution in [2.75, 3.05) is 26.1 Å². The smallest absolute Gasteiger partial charge is 0.224 e. The van der Waals surface area contributed by atoms with Gasteiger partial charge >= 0.3 is 0 Å². The number of carbonyl (C=O) groups excluding carboxylic acids is 1. The van der Waals surface area contributed by atoms with E-state index in [0.717, 1.165) is 18.6 Å². The molecular formula is C22H29NO5. The number of anilines is 1. The molecule has 6 nitrogen and oxygen atoms in total. The highest BCUT2D eigenvalue weighted by molar-refractivity contribution is 5.90. The summed E-state index contributed by atoms with van der Waals surface area (Å²) >= 11 is 0. The highest BCUT2D eigenvalue weighted by atomic mass is 16.5. The van der Waals surface area contributed by atoms with Crippen molar-refractivity contribution in [2.24, 2.45) is 0 Å². The van der Waals surface area contributed by atoms with Crippen molar-refractivity contribution >= 4 is 11.6 Å². The Hall–Kier alpha value is -2.73. The van der Waals surface area contributed by atoms with Crippen molar-refractivity contribution in [1.29, 1.82) is 0 Å². The maximum Gasteiger partial charge on any atom is 0.224 e. The molecule has 28 heavy (non-hydrogen) atoms. The number of nitrogens with one attached hydrogen (secondary N) is 1. The molecule has 0 aliphatic heterocycles. The molecule has 1 amide bonds. The molecule has 6 heteroatoms. The van der Waals surface area contributed by atoms with E-state index in [9.17, 15) is 9.90 Å². The monoisotopic (exact) mass is 387 g/mol. The summed E-state index contributed by atoms with van der Waals surface area (Å²) in [5.41, 5.74) is 1.33. The van der Waals surface area contributed by atoms with Crippen LogP contribution in [0.25, 0.3) is 0 Å². The van der Waals surface area contributed by atoms with Gasteiger partial charge in [0.2, 0.25) is 5.91 Å². The second kappa shape index (κ2) is 11.2. The van der Waals surface area contributed by atoms with Crippen LogP contribution in [-0.4, -0.2) is 31.8 Å². The molecule has 0 fully saturated rings. The summed E-state index contributed by atoms with van der Waals surface area (Å²) < 4.78 is 16.1. The number of rotatable bonds is 11. The SMILES string of the molecule is CCCCOc1ccc(NC(=O)CCC(O)c2ccc(OC)cc2OC)cc1. The molecule has 152 valence electrons. The zero-order valence-electron chi connectivity index (χ0n) is 16.7. The van der Waals surface area contributed by atoms with E-state index >= 15 is 0 Å². The number of benzene rings is 2. The standard InChI is InChI=1S/C22H29NO5/c1-4-5-14-28-17-8-6-16(7-9-17)23-22(25)13-12-20(24)19-11-10-18(26-2)15-21(19)27-3/h6-11,15,20,24H,4-5,12-14H2,1-3H3,(H,23,25). The van der Waals surface area contributed by atoms with Gasteiger partial charge in [0.15, 0.2) is 0 Å². The molecule has 1 unspecified atom stereocenters. The molecule has 1 atom stereocenters. The van der Waals surface area contributed by atoms with Crippen molar-refractivity contribution in [3.63, 3.8) is 0 Å². The van der Waals surface area contributed by atoms with Gasteiger partial charge in [-0.05, 0) is 49.2 Å². The van der Waals surface area contributed by atoms with Crippen LogP contribution in [0.15, 0.2) is 42.5 Å². The minimum absolute atomic E-state index is 0.161. The molecule has 0 aromatic heterocycles. The number of aliphatic hydroxyl groups excluding tert-OH is 1. The average Bonchev–Trinajstić information content (AvgIpc) is 2.73. The first-order valence-corrected chi connectivity index (χ1v) is 9.50. The maximum absolute atomic E-state index is 12.2. The van der Waals surface area contributed by atoms with E-state index in [4.69, 9.17) is 14.2 Å². The topological polar surface area (TPSA) is 77.0 Å². The Kier molecular flexibility index (Phi) is 8.62. The van der Waals surface area contributed by atoms with Crippen LogP contribution in [-0.2, 0) is 4.79 Å². The van der Waals surface area contributed by atoms with E-state index in [0.29, 0.717) is 29.4 Å². The number of aliphatic hydroxyl groups is 1. The van der Waals surface area contributed by atoms with Crippen LogP contribution in [0.4, 0.5) is 5.69 Å². The summed E-state index contributed by atoms with van der Waals surface area (Å²) in [6.45, 7) is 2.80. The Morgan fingerprint density at radius 2 is 1.79 bits per heavy atom. The number of carbonyl (C=O) groups is 1. The fraction of sp³-hybridized carbons (Fsp3) is 0.409. The Labute approximate surface area is 166 Å². The van der Waals surface area contributed by atoms with Gasteiger partial charge in [-0.1, -0.05) is 13.3 Å². The van der Waals surface area contributed by atoms with Crippen LogP contribution in [0.5, 0.6) is 17.2 Å². The second-order valence-electron chi connectivity index (χ2n) is 6.44. The predicted octanol–water partition coefficient (Wildman–Crippen LogP) is 4.34. The van der Waals surface area contributed by atoms with Gasteiger partial charge in [0.05, 0.1) is 26.9 Å². The number of hydrogen-bond acceptors (Lipinski definition) is 5.